The fraction of sp³-hybridized carbons (Fsp3) is 0.857. The van der Waals surface area contributed by atoms with Gasteiger partial charge >= 0.3 is 18.9 Å². The normalized spacial score (nSPS) is 36.8. The maximum Gasteiger partial charge on any atom is 1.00 e. The SMILES string of the molecule is [CH2-][C@H]1CCC[C@H]1C.[Li+]. The van der Waals surface area contributed by atoms with E-state index >= 15 is 0 Å². The maximum atomic E-state index is 4.02. The molecule has 0 unspecified atom stereocenters. The van der Waals surface area contributed by atoms with Gasteiger partial charge in [-0.05, 0) is 0 Å². The third kappa shape index (κ3) is 1.84. The van der Waals surface area contributed by atoms with Crippen molar-refractivity contribution in [3.8, 4) is 0 Å². The van der Waals surface area contributed by atoms with Gasteiger partial charge in [-0.25, -0.2) is 0 Å². The molecule has 0 nitrogen and oxygen atoms in total. The predicted octanol–water partition coefficient (Wildman–Crippen LogP) is -0.739. The zero-order valence-electron chi connectivity index (χ0n) is 5.98. The average Bonchev–Trinajstić information content (AvgIpc) is 1.91. The molecule has 0 aromatic rings. The maximum absolute atomic E-state index is 4.02. The van der Waals surface area contributed by atoms with E-state index in [-0.39, 0.29) is 18.9 Å². The first-order valence-corrected chi connectivity index (χ1v) is 3.14. The van der Waals surface area contributed by atoms with Crippen LogP contribution in [0.15, 0.2) is 0 Å². The molecule has 0 heterocycles. The fourth-order valence-corrected chi connectivity index (χ4v) is 1.22. The molecule has 0 aromatic carbocycles. The molecule has 8 heavy (non-hydrogen) atoms. The van der Waals surface area contributed by atoms with Crippen LogP contribution in [0, 0.1) is 18.8 Å². The van der Waals surface area contributed by atoms with Crippen molar-refractivity contribution in [2.24, 2.45) is 11.8 Å². The Morgan fingerprint density at radius 3 is 2.12 bits per heavy atom. The number of rotatable bonds is 0. The van der Waals surface area contributed by atoms with Crippen LogP contribution in [0.4, 0.5) is 0 Å². The molecule has 1 aliphatic carbocycles. The summed E-state index contributed by atoms with van der Waals surface area (Å²) in [4.78, 5) is 0. The van der Waals surface area contributed by atoms with E-state index in [1.165, 1.54) is 19.3 Å². The van der Waals surface area contributed by atoms with Crippen LogP contribution in [0.2, 0.25) is 0 Å². The minimum Gasteiger partial charge on any atom is -0.340 e. The molecule has 2 atom stereocenters. The van der Waals surface area contributed by atoms with Gasteiger partial charge in [0.15, 0.2) is 0 Å². The van der Waals surface area contributed by atoms with E-state index in [4.69, 9.17) is 0 Å². The molecule has 0 aliphatic heterocycles. The Balaban J connectivity index is 0.000000490. The van der Waals surface area contributed by atoms with Crippen molar-refractivity contribution < 1.29 is 18.9 Å². The third-order valence-corrected chi connectivity index (χ3v) is 2.04. The van der Waals surface area contributed by atoms with Crippen molar-refractivity contribution in [3.05, 3.63) is 6.92 Å². The van der Waals surface area contributed by atoms with E-state index < -0.39 is 0 Å². The van der Waals surface area contributed by atoms with E-state index in [1.807, 2.05) is 0 Å². The van der Waals surface area contributed by atoms with Crippen molar-refractivity contribution in [3.63, 3.8) is 0 Å². The summed E-state index contributed by atoms with van der Waals surface area (Å²) in [5.74, 6) is 1.67. The molecule has 0 bridgehead atoms. The van der Waals surface area contributed by atoms with Crippen LogP contribution in [-0.2, 0) is 0 Å². The Morgan fingerprint density at radius 1 is 1.38 bits per heavy atom. The van der Waals surface area contributed by atoms with Crippen molar-refractivity contribution >= 4 is 0 Å². The summed E-state index contributed by atoms with van der Waals surface area (Å²) in [5, 5.41) is 0. The van der Waals surface area contributed by atoms with Crippen molar-refractivity contribution in [1.29, 1.82) is 0 Å². The number of hydrogen-bond donors (Lipinski definition) is 0. The van der Waals surface area contributed by atoms with E-state index in [0.29, 0.717) is 0 Å². The Labute approximate surface area is 64.2 Å². The summed E-state index contributed by atoms with van der Waals surface area (Å²) >= 11 is 0. The van der Waals surface area contributed by atoms with E-state index in [9.17, 15) is 0 Å². The summed E-state index contributed by atoms with van der Waals surface area (Å²) in [7, 11) is 0. The predicted molar refractivity (Wildman–Crippen MR) is 31.9 cm³/mol. The fourth-order valence-electron chi connectivity index (χ4n) is 1.22. The van der Waals surface area contributed by atoms with E-state index in [1.54, 1.807) is 0 Å². The van der Waals surface area contributed by atoms with Gasteiger partial charge in [-0.2, -0.15) is 5.92 Å². The Hall–Kier alpha value is 0.597. The van der Waals surface area contributed by atoms with Gasteiger partial charge < -0.3 is 6.92 Å². The Bertz CT molecular complexity index is 53.4. The van der Waals surface area contributed by atoms with Crippen LogP contribution in [0.5, 0.6) is 0 Å². The topological polar surface area (TPSA) is 0 Å². The second-order valence-electron chi connectivity index (χ2n) is 2.67. The van der Waals surface area contributed by atoms with Gasteiger partial charge in [-0.3, -0.25) is 0 Å². The van der Waals surface area contributed by atoms with Crippen molar-refractivity contribution in [2.45, 2.75) is 26.2 Å². The molecular weight excluding hydrogens is 91.0 g/mol. The molecule has 0 radical (unpaired) electrons. The van der Waals surface area contributed by atoms with Gasteiger partial charge in [-0.15, -0.1) is 0 Å². The molecule has 1 heteroatoms. The molecular formula is C7H13Li. The van der Waals surface area contributed by atoms with Gasteiger partial charge in [0, 0.05) is 0 Å². The molecule has 0 N–H and O–H groups in total. The minimum absolute atomic E-state index is 0. The molecule has 42 valence electrons. The summed E-state index contributed by atoms with van der Waals surface area (Å²) in [5.41, 5.74) is 0. The minimum atomic E-state index is 0. The largest absolute Gasteiger partial charge is 1.00 e. The summed E-state index contributed by atoms with van der Waals surface area (Å²) in [6.07, 6.45) is 4.19. The molecule has 1 fully saturated rings. The Kier molecular flexibility index (Phi) is 3.86. The zero-order valence-corrected chi connectivity index (χ0v) is 5.98. The first-order chi connectivity index (χ1) is 3.30. The molecule has 1 aliphatic rings. The standard InChI is InChI=1S/C7H13.Li/c1-6-4-3-5-7(6)2;/h6-7H,1,3-5H2,2H3;/q-1;+1/t6-,7+;/m0./s1. The molecule has 0 aromatic heterocycles. The molecule has 1 rings (SSSR count). The van der Waals surface area contributed by atoms with Crippen LogP contribution < -0.4 is 18.9 Å². The monoisotopic (exact) mass is 104 g/mol. The van der Waals surface area contributed by atoms with Crippen LogP contribution >= 0.6 is 0 Å². The summed E-state index contributed by atoms with van der Waals surface area (Å²) in [6, 6.07) is 0. The second kappa shape index (κ2) is 3.59. The first kappa shape index (κ1) is 8.60. The van der Waals surface area contributed by atoms with Crippen LogP contribution in [0.3, 0.4) is 0 Å². The molecule has 0 spiro atoms. The van der Waals surface area contributed by atoms with Gasteiger partial charge in [-0.1, -0.05) is 32.1 Å². The molecule has 0 saturated heterocycles. The smallest absolute Gasteiger partial charge is 0.340 e. The van der Waals surface area contributed by atoms with Crippen LogP contribution in [0.1, 0.15) is 26.2 Å². The van der Waals surface area contributed by atoms with Crippen molar-refractivity contribution in [2.75, 3.05) is 0 Å². The van der Waals surface area contributed by atoms with Gasteiger partial charge in [0.1, 0.15) is 0 Å². The number of hydrogen-bond acceptors (Lipinski definition) is 0. The van der Waals surface area contributed by atoms with Crippen LogP contribution in [-0.4, -0.2) is 0 Å². The zero-order chi connectivity index (χ0) is 5.28. The van der Waals surface area contributed by atoms with Crippen molar-refractivity contribution in [1.82, 2.24) is 0 Å². The quantitative estimate of drug-likeness (QED) is 0.280. The van der Waals surface area contributed by atoms with Gasteiger partial charge in [0.25, 0.3) is 0 Å². The average molecular weight is 104 g/mol. The van der Waals surface area contributed by atoms with Gasteiger partial charge in [0.2, 0.25) is 0 Å². The summed E-state index contributed by atoms with van der Waals surface area (Å²) in [6.45, 7) is 6.31. The van der Waals surface area contributed by atoms with E-state index in [2.05, 4.69) is 13.8 Å². The molecule has 1 saturated carbocycles. The first-order valence-electron chi connectivity index (χ1n) is 3.14. The second-order valence-corrected chi connectivity index (χ2v) is 2.67. The Morgan fingerprint density at radius 2 is 2.00 bits per heavy atom. The summed E-state index contributed by atoms with van der Waals surface area (Å²) < 4.78 is 0. The van der Waals surface area contributed by atoms with Gasteiger partial charge in [0.05, 0.1) is 0 Å². The third-order valence-electron chi connectivity index (χ3n) is 2.04. The molecule has 0 amide bonds. The van der Waals surface area contributed by atoms with E-state index in [0.717, 1.165) is 11.8 Å². The van der Waals surface area contributed by atoms with Crippen LogP contribution in [0.25, 0.3) is 0 Å².